The Labute approximate surface area is 203 Å². The third-order valence-electron chi connectivity index (χ3n) is 11.0. The predicted molar refractivity (Wildman–Crippen MR) is 131 cm³/mol. The molecule has 8 atom stereocenters. The maximum Gasteiger partial charge on any atom is 0.177 e. The van der Waals surface area contributed by atoms with E-state index >= 15 is 0 Å². The first kappa shape index (κ1) is 22.6. The third kappa shape index (κ3) is 3.30. The van der Waals surface area contributed by atoms with Crippen LogP contribution in [0.3, 0.4) is 0 Å². The second-order valence-corrected chi connectivity index (χ2v) is 12.4. The van der Waals surface area contributed by atoms with Crippen LogP contribution >= 0.6 is 0 Å². The highest BCUT2D eigenvalue weighted by atomic mass is 16.5. The molecule has 2 heterocycles. The summed E-state index contributed by atoms with van der Waals surface area (Å²) in [6.07, 6.45) is 16.6. The Morgan fingerprint density at radius 3 is 2.79 bits per heavy atom. The molecule has 6 rings (SSSR count). The van der Waals surface area contributed by atoms with E-state index < -0.39 is 0 Å². The number of methoxy groups -OCH3 is 1. The molecule has 0 amide bonds. The fourth-order valence-corrected chi connectivity index (χ4v) is 9.53. The molecular weight excluding hydrogens is 424 g/mol. The lowest BCUT2D eigenvalue weighted by atomic mass is 9.44. The van der Waals surface area contributed by atoms with Gasteiger partial charge in [-0.05, 0) is 91.8 Å². The van der Waals surface area contributed by atoms with E-state index in [4.69, 9.17) is 4.74 Å². The van der Waals surface area contributed by atoms with Crippen LogP contribution in [0.25, 0.3) is 11.2 Å². The fraction of sp³-hybridized carbons (Fsp3) is 0.786. The zero-order chi connectivity index (χ0) is 23.5. The summed E-state index contributed by atoms with van der Waals surface area (Å²) in [5.41, 5.74) is 1.97. The van der Waals surface area contributed by atoms with E-state index in [1.807, 2.05) is 7.11 Å². The zero-order valence-corrected chi connectivity index (χ0v) is 21.1. The summed E-state index contributed by atoms with van der Waals surface area (Å²) >= 11 is 0. The molecule has 4 saturated carbocycles. The maximum atomic E-state index is 13.7. The van der Waals surface area contributed by atoms with Gasteiger partial charge in [-0.2, -0.15) is 5.10 Å². The zero-order valence-electron chi connectivity index (χ0n) is 21.1. The van der Waals surface area contributed by atoms with E-state index in [0.717, 1.165) is 42.2 Å². The van der Waals surface area contributed by atoms with Crippen LogP contribution in [0, 0.1) is 46.3 Å². The number of carbonyl (C=O) groups excluding carboxylic acids is 1. The molecular formula is C28H40N4O2. The van der Waals surface area contributed by atoms with Gasteiger partial charge in [-0.3, -0.25) is 4.79 Å². The molecule has 6 heteroatoms. The van der Waals surface area contributed by atoms with Gasteiger partial charge in [0.25, 0.3) is 0 Å². The SMILES string of the molecule is COCC12CCC(C)CC1CC[C@H]1C3CCC(C(=O)Cn4ncc5nccnc54)C3(C)CCC12. The van der Waals surface area contributed by atoms with Crippen molar-refractivity contribution in [1.82, 2.24) is 19.7 Å². The monoisotopic (exact) mass is 464 g/mol. The lowest BCUT2D eigenvalue weighted by molar-refractivity contribution is -0.154. The number of aromatic nitrogens is 4. The molecule has 4 aliphatic carbocycles. The summed E-state index contributed by atoms with van der Waals surface area (Å²) in [6, 6.07) is 0. The average Bonchev–Trinajstić information content (AvgIpc) is 3.40. The number of hydrogen-bond acceptors (Lipinski definition) is 5. The Balaban J connectivity index is 1.24. The van der Waals surface area contributed by atoms with Crippen LogP contribution in [0.2, 0.25) is 0 Å². The van der Waals surface area contributed by atoms with Gasteiger partial charge in [-0.15, -0.1) is 0 Å². The number of rotatable bonds is 5. The van der Waals surface area contributed by atoms with Crippen molar-refractivity contribution in [2.75, 3.05) is 13.7 Å². The van der Waals surface area contributed by atoms with Gasteiger partial charge in [-0.1, -0.05) is 20.3 Å². The standard InChI is InChI=1S/C28H40N4O2/c1-18-8-11-28(17-34-3)19(14-18)4-5-20-21-6-7-23(27(21,2)10-9-22(20)28)25(33)16-32-26-24(15-31-32)29-12-13-30-26/h12-13,15,18-23H,4-11,14,16-17H2,1-3H3/t18?,19?,20-,21?,22?,23?,27?,28?/m0/s1. The topological polar surface area (TPSA) is 69.9 Å². The van der Waals surface area contributed by atoms with Gasteiger partial charge < -0.3 is 4.74 Å². The molecule has 0 N–H and O–H groups in total. The molecule has 34 heavy (non-hydrogen) atoms. The molecule has 0 bridgehead atoms. The number of nitrogens with zero attached hydrogens (tertiary/aromatic N) is 4. The highest BCUT2D eigenvalue weighted by molar-refractivity contribution is 5.83. The molecule has 2 aromatic rings. The van der Waals surface area contributed by atoms with Crippen LogP contribution in [0.15, 0.2) is 18.6 Å². The molecule has 0 aromatic carbocycles. The molecule has 0 spiro atoms. The van der Waals surface area contributed by atoms with Crippen molar-refractivity contribution in [2.45, 2.75) is 78.2 Å². The Bertz CT molecular complexity index is 1070. The summed E-state index contributed by atoms with van der Waals surface area (Å²) in [6.45, 7) is 6.15. The van der Waals surface area contributed by atoms with Crippen molar-refractivity contribution in [2.24, 2.45) is 46.3 Å². The Morgan fingerprint density at radius 2 is 1.94 bits per heavy atom. The predicted octanol–water partition coefficient (Wildman–Crippen LogP) is 5.32. The summed E-state index contributed by atoms with van der Waals surface area (Å²) in [5, 5.41) is 4.44. The van der Waals surface area contributed by atoms with Gasteiger partial charge in [0, 0.05) is 25.4 Å². The Hall–Kier alpha value is -1.82. The van der Waals surface area contributed by atoms with Gasteiger partial charge in [-0.25, -0.2) is 14.6 Å². The van der Waals surface area contributed by atoms with E-state index in [1.165, 1.54) is 51.4 Å². The second-order valence-electron chi connectivity index (χ2n) is 12.4. The normalized spacial score (nSPS) is 41.6. The summed E-state index contributed by atoms with van der Waals surface area (Å²) < 4.78 is 7.70. The second kappa shape index (κ2) is 8.39. The van der Waals surface area contributed by atoms with E-state index in [0.29, 0.717) is 29.3 Å². The molecule has 0 aliphatic heterocycles. The van der Waals surface area contributed by atoms with E-state index in [2.05, 4.69) is 28.9 Å². The highest BCUT2D eigenvalue weighted by Crippen LogP contribution is 2.68. The van der Waals surface area contributed by atoms with Crippen LogP contribution in [-0.4, -0.2) is 39.2 Å². The summed E-state index contributed by atoms with van der Waals surface area (Å²) in [7, 11) is 1.91. The van der Waals surface area contributed by atoms with Crippen LogP contribution in [0.4, 0.5) is 0 Å². The van der Waals surface area contributed by atoms with Crippen molar-refractivity contribution in [3.63, 3.8) is 0 Å². The lowest BCUT2D eigenvalue weighted by Gasteiger charge is -2.61. The first-order chi connectivity index (χ1) is 16.5. The van der Waals surface area contributed by atoms with Crippen LogP contribution < -0.4 is 0 Å². The minimum Gasteiger partial charge on any atom is -0.384 e. The minimum atomic E-state index is 0.121. The molecule has 4 fully saturated rings. The third-order valence-corrected chi connectivity index (χ3v) is 11.0. The largest absolute Gasteiger partial charge is 0.384 e. The quantitative estimate of drug-likeness (QED) is 0.599. The minimum absolute atomic E-state index is 0.121. The first-order valence-electron chi connectivity index (χ1n) is 13.6. The number of ketones is 1. The highest BCUT2D eigenvalue weighted by Gasteiger charge is 2.62. The van der Waals surface area contributed by atoms with Gasteiger partial charge >= 0.3 is 0 Å². The molecule has 2 aromatic heterocycles. The summed E-state index contributed by atoms with van der Waals surface area (Å²) in [5.74, 6) is 4.36. The number of hydrogen-bond donors (Lipinski definition) is 0. The molecule has 184 valence electrons. The van der Waals surface area contributed by atoms with Crippen molar-refractivity contribution in [3.05, 3.63) is 18.6 Å². The maximum absolute atomic E-state index is 13.7. The van der Waals surface area contributed by atoms with Gasteiger partial charge in [0.15, 0.2) is 11.4 Å². The fourth-order valence-electron chi connectivity index (χ4n) is 9.53. The Morgan fingerprint density at radius 1 is 1.09 bits per heavy atom. The van der Waals surface area contributed by atoms with Crippen LogP contribution in [-0.2, 0) is 16.1 Å². The van der Waals surface area contributed by atoms with Crippen LogP contribution in [0.1, 0.15) is 71.6 Å². The first-order valence-corrected chi connectivity index (χ1v) is 13.6. The van der Waals surface area contributed by atoms with Crippen molar-refractivity contribution in [1.29, 1.82) is 0 Å². The number of ether oxygens (including phenoxy) is 1. The van der Waals surface area contributed by atoms with Crippen molar-refractivity contribution < 1.29 is 9.53 Å². The molecule has 7 unspecified atom stereocenters. The average molecular weight is 465 g/mol. The smallest absolute Gasteiger partial charge is 0.177 e. The van der Waals surface area contributed by atoms with Gasteiger partial charge in [0.2, 0.25) is 0 Å². The number of carbonyl (C=O) groups is 1. The molecule has 0 radical (unpaired) electrons. The van der Waals surface area contributed by atoms with Crippen molar-refractivity contribution in [3.8, 4) is 0 Å². The molecule has 0 saturated heterocycles. The summed E-state index contributed by atoms with van der Waals surface area (Å²) in [4.78, 5) is 22.4. The lowest BCUT2D eigenvalue weighted by Crippen LogP contribution is -2.56. The van der Waals surface area contributed by atoms with Gasteiger partial charge in [0.05, 0.1) is 12.8 Å². The van der Waals surface area contributed by atoms with Crippen LogP contribution in [0.5, 0.6) is 0 Å². The number of Topliss-reactive ketones (excluding diaryl/α,β-unsaturated/α-hetero) is 1. The van der Waals surface area contributed by atoms with E-state index in [1.54, 1.807) is 23.3 Å². The van der Waals surface area contributed by atoms with E-state index in [-0.39, 0.29) is 11.3 Å². The van der Waals surface area contributed by atoms with Crippen molar-refractivity contribution >= 4 is 16.9 Å². The molecule has 4 aliphatic rings. The Kier molecular flexibility index (Phi) is 5.58. The van der Waals surface area contributed by atoms with Gasteiger partial charge in [0.1, 0.15) is 12.1 Å². The number of fused-ring (bicyclic) bond motifs is 6. The molecule has 6 nitrogen and oxygen atoms in total. The van der Waals surface area contributed by atoms with E-state index in [9.17, 15) is 4.79 Å².